The molecule has 0 spiro atoms. The van der Waals surface area contributed by atoms with Crippen LogP contribution in [-0.2, 0) is 0 Å². The van der Waals surface area contributed by atoms with E-state index in [-0.39, 0.29) is 0 Å². The fourth-order valence-corrected chi connectivity index (χ4v) is 7.31. The molecule has 0 saturated carbocycles. The number of fused-ring (bicyclic) bond motifs is 5. The summed E-state index contributed by atoms with van der Waals surface area (Å²) in [7, 11) is 0. The van der Waals surface area contributed by atoms with E-state index in [2.05, 4.69) is 150 Å². The predicted molar refractivity (Wildman–Crippen MR) is 216 cm³/mol. The van der Waals surface area contributed by atoms with Crippen LogP contribution in [0.5, 0.6) is 0 Å². The Morgan fingerprint density at radius 2 is 0.849 bits per heavy atom. The molecule has 0 atom stereocenters. The molecule has 0 unspecified atom stereocenters. The number of aromatic nitrogens is 5. The highest BCUT2D eigenvalue weighted by molar-refractivity contribution is 6.09. The van der Waals surface area contributed by atoms with Crippen LogP contribution in [0.25, 0.3) is 95.0 Å². The van der Waals surface area contributed by atoms with Gasteiger partial charge in [0.2, 0.25) is 0 Å². The topological polar surface area (TPSA) is 56.0 Å². The van der Waals surface area contributed by atoms with E-state index in [0.717, 1.165) is 89.2 Å². The first-order valence-electron chi connectivity index (χ1n) is 17.7. The maximum absolute atomic E-state index is 5.33. The second-order valence-electron chi connectivity index (χ2n) is 13.1. The molecule has 0 aliphatic carbocycles. The summed E-state index contributed by atoms with van der Waals surface area (Å²) >= 11 is 0. The summed E-state index contributed by atoms with van der Waals surface area (Å²) in [6, 6.07) is 62.9. The van der Waals surface area contributed by atoms with Crippen LogP contribution in [0.4, 0.5) is 0 Å². The van der Waals surface area contributed by atoms with E-state index >= 15 is 0 Å². The second kappa shape index (κ2) is 12.8. The molecule has 53 heavy (non-hydrogen) atoms. The molecule has 5 nitrogen and oxygen atoms in total. The van der Waals surface area contributed by atoms with Gasteiger partial charge < -0.3 is 0 Å². The van der Waals surface area contributed by atoms with Crippen LogP contribution in [-0.4, -0.2) is 24.3 Å². The Hall–Kier alpha value is -7.24. The lowest BCUT2D eigenvalue weighted by Crippen LogP contribution is -2.01. The van der Waals surface area contributed by atoms with Gasteiger partial charge in [-0.05, 0) is 41.0 Å². The van der Waals surface area contributed by atoms with Gasteiger partial charge in [-0.2, -0.15) is 0 Å². The predicted octanol–water partition coefficient (Wildman–Crippen LogP) is 11.8. The molecule has 0 radical (unpaired) electrons. The molecule has 0 saturated heterocycles. The van der Waals surface area contributed by atoms with Crippen molar-refractivity contribution >= 4 is 27.6 Å². The number of pyridine rings is 2. The molecule has 6 aromatic carbocycles. The lowest BCUT2D eigenvalue weighted by Gasteiger charge is -2.17. The monoisotopic (exact) mass is 677 g/mol. The van der Waals surface area contributed by atoms with Crippen molar-refractivity contribution in [3.05, 3.63) is 188 Å². The standard InChI is InChI=1S/C48H31N5/c1-4-16-32(17-5-1)42-44(33-18-6-2-7-19-33)50-47(51-45(42)34-20-8-3-9-21-34)38-25-15-23-36(31-38)35-22-14-24-37(30-35)43-39-26-10-11-27-40(39)46-48(52-43)53-29-13-12-28-41(53)49-46/h1-31H. The summed E-state index contributed by atoms with van der Waals surface area (Å²) in [6.07, 6.45) is 2.03. The van der Waals surface area contributed by atoms with Crippen LogP contribution in [0.3, 0.4) is 0 Å². The number of hydrogen-bond acceptors (Lipinski definition) is 4. The van der Waals surface area contributed by atoms with Crippen molar-refractivity contribution in [1.82, 2.24) is 24.3 Å². The van der Waals surface area contributed by atoms with Crippen LogP contribution in [0.1, 0.15) is 0 Å². The molecule has 248 valence electrons. The Balaban J connectivity index is 1.13. The summed E-state index contributed by atoms with van der Waals surface area (Å²) < 4.78 is 2.06. The largest absolute Gasteiger partial charge is 0.284 e. The van der Waals surface area contributed by atoms with Crippen LogP contribution < -0.4 is 0 Å². The molecular formula is C48H31N5. The summed E-state index contributed by atoms with van der Waals surface area (Å²) in [4.78, 5) is 20.9. The SMILES string of the molecule is c1ccc(-c2nc(-c3cccc(-c4cccc(-c5nc6c(nc7ccccn76)c6ccccc56)c4)c3)nc(-c3ccccc3)c2-c2ccccc2)cc1. The number of benzene rings is 6. The quantitative estimate of drug-likeness (QED) is 0.176. The van der Waals surface area contributed by atoms with Gasteiger partial charge in [-0.3, -0.25) is 4.40 Å². The summed E-state index contributed by atoms with van der Waals surface area (Å²) in [5, 5.41) is 2.16. The first-order chi connectivity index (χ1) is 26.3. The molecule has 10 aromatic rings. The summed E-state index contributed by atoms with van der Waals surface area (Å²) in [6.45, 7) is 0. The van der Waals surface area contributed by atoms with Gasteiger partial charge in [0.25, 0.3) is 0 Å². The number of hydrogen-bond donors (Lipinski definition) is 0. The third-order valence-electron chi connectivity index (χ3n) is 9.82. The van der Waals surface area contributed by atoms with Gasteiger partial charge in [0, 0.05) is 44.8 Å². The minimum absolute atomic E-state index is 0.672. The molecule has 4 aromatic heterocycles. The van der Waals surface area contributed by atoms with Gasteiger partial charge in [-0.1, -0.05) is 158 Å². The van der Waals surface area contributed by atoms with E-state index in [0.29, 0.717) is 5.82 Å². The van der Waals surface area contributed by atoms with E-state index in [1.165, 1.54) is 0 Å². The molecule has 0 N–H and O–H groups in total. The van der Waals surface area contributed by atoms with Gasteiger partial charge in [-0.25, -0.2) is 19.9 Å². The van der Waals surface area contributed by atoms with Crippen molar-refractivity contribution in [2.75, 3.05) is 0 Å². The fraction of sp³-hybridized carbons (Fsp3) is 0. The van der Waals surface area contributed by atoms with Crippen LogP contribution in [0.2, 0.25) is 0 Å². The maximum Gasteiger partial charge on any atom is 0.165 e. The van der Waals surface area contributed by atoms with Crippen molar-refractivity contribution in [2.24, 2.45) is 0 Å². The van der Waals surface area contributed by atoms with Crippen molar-refractivity contribution in [3.63, 3.8) is 0 Å². The molecule has 4 heterocycles. The zero-order valence-electron chi connectivity index (χ0n) is 28.6. The highest BCUT2D eigenvalue weighted by Crippen LogP contribution is 2.40. The molecule has 10 rings (SSSR count). The highest BCUT2D eigenvalue weighted by atomic mass is 15.1. The Labute approximate surface area is 306 Å². The van der Waals surface area contributed by atoms with E-state index < -0.39 is 0 Å². The van der Waals surface area contributed by atoms with Crippen molar-refractivity contribution in [1.29, 1.82) is 0 Å². The van der Waals surface area contributed by atoms with Gasteiger partial charge in [0.1, 0.15) is 11.2 Å². The second-order valence-corrected chi connectivity index (χ2v) is 13.1. The third-order valence-corrected chi connectivity index (χ3v) is 9.82. The number of nitrogens with zero attached hydrogens (tertiary/aromatic N) is 5. The Kier molecular flexibility index (Phi) is 7.40. The van der Waals surface area contributed by atoms with Crippen LogP contribution in [0, 0.1) is 0 Å². The number of rotatable bonds is 6. The van der Waals surface area contributed by atoms with Gasteiger partial charge in [0.05, 0.1) is 17.1 Å². The Morgan fingerprint density at radius 1 is 0.340 bits per heavy atom. The van der Waals surface area contributed by atoms with E-state index in [4.69, 9.17) is 19.9 Å². The molecule has 0 fully saturated rings. The summed E-state index contributed by atoms with van der Waals surface area (Å²) in [5.41, 5.74) is 13.7. The van der Waals surface area contributed by atoms with Gasteiger partial charge in [-0.15, -0.1) is 0 Å². The molecule has 0 aliphatic heterocycles. The minimum Gasteiger partial charge on any atom is -0.284 e. The van der Waals surface area contributed by atoms with Gasteiger partial charge >= 0.3 is 0 Å². The van der Waals surface area contributed by atoms with Gasteiger partial charge in [0.15, 0.2) is 11.5 Å². The lowest BCUT2D eigenvalue weighted by molar-refractivity contribution is 1.18. The smallest absolute Gasteiger partial charge is 0.165 e. The first kappa shape index (κ1) is 30.6. The van der Waals surface area contributed by atoms with Crippen molar-refractivity contribution < 1.29 is 0 Å². The highest BCUT2D eigenvalue weighted by Gasteiger charge is 2.21. The fourth-order valence-electron chi connectivity index (χ4n) is 7.31. The molecule has 0 aliphatic rings. The van der Waals surface area contributed by atoms with Crippen molar-refractivity contribution in [3.8, 4) is 67.4 Å². The average Bonchev–Trinajstić information content (AvgIpc) is 3.63. The Morgan fingerprint density at radius 3 is 1.51 bits per heavy atom. The summed E-state index contributed by atoms with van der Waals surface area (Å²) in [5.74, 6) is 0.672. The molecule has 0 bridgehead atoms. The first-order valence-corrected chi connectivity index (χ1v) is 17.7. The molecule has 0 amide bonds. The zero-order valence-corrected chi connectivity index (χ0v) is 28.6. The van der Waals surface area contributed by atoms with Crippen LogP contribution >= 0.6 is 0 Å². The van der Waals surface area contributed by atoms with E-state index in [1.54, 1.807) is 0 Å². The lowest BCUT2D eigenvalue weighted by atomic mass is 9.94. The van der Waals surface area contributed by atoms with E-state index in [1.807, 2.05) is 42.6 Å². The Bertz CT molecular complexity index is 2870. The molecular weight excluding hydrogens is 647 g/mol. The van der Waals surface area contributed by atoms with Crippen LogP contribution in [0.15, 0.2) is 188 Å². The zero-order chi connectivity index (χ0) is 35.1. The minimum atomic E-state index is 0.672. The maximum atomic E-state index is 5.33. The van der Waals surface area contributed by atoms with E-state index in [9.17, 15) is 0 Å². The van der Waals surface area contributed by atoms with Crippen molar-refractivity contribution in [2.45, 2.75) is 0 Å². The normalized spacial score (nSPS) is 11.4. The molecule has 5 heteroatoms. The number of imidazole rings is 1. The third kappa shape index (κ3) is 5.43. The average molecular weight is 678 g/mol.